The Hall–Kier alpha value is -1.56. The third-order valence-corrected chi connectivity index (χ3v) is 3.69. The van der Waals surface area contributed by atoms with Crippen molar-refractivity contribution in [3.8, 4) is 5.75 Å². The molecule has 1 aromatic rings. The van der Waals surface area contributed by atoms with Crippen LogP contribution >= 0.6 is 15.9 Å². The molecular formula is C13H15BrN2O3. The van der Waals surface area contributed by atoms with E-state index < -0.39 is 0 Å². The van der Waals surface area contributed by atoms with E-state index in [4.69, 9.17) is 0 Å². The van der Waals surface area contributed by atoms with Gasteiger partial charge in [0.25, 0.3) is 5.91 Å². The summed E-state index contributed by atoms with van der Waals surface area (Å²) >= 11 is 3.28. The highest BCUT2D eigenvalue weighted by molar-refractivity contribution is 9.10. The van der Waals surface area contributed by atoms with Gasteiger partial charge in [0.1, 0.15) is 5.75 Å². The molecule has 102 valence electrons. The molecule has 1 fully saturated rings. The van der Waals surface area contributed by atoms with Crippen LogP contribution in [0.1, 0.15) is 17.3 Å². The minimum absolute atomic E-state index is 0.0254. The molecule has 19 heavy (non-hydrogen) atoms. The van der Waals surface area contributed by atoms with Crippen LogP contribution < -0.4 is 0 Å². The van der Waals surface area contributed by atoms with Crippen LogP contribution in [0.15, 0.2) is 22.7 Å². The van der Waals surface area contributed by atoms with Crippen LogP contribution in [-0.2, 0) is 4.79 Å². The molecule has 1 aromatic carbocycles. The molecule has 0 saturated carbocycles. The van der Waals surface area contributed by atoms with Crippen molar-refractivity contribution < 1.29 is 14.7 Å². The van der Waals surface area contributed by atoms with Crippen molar-refractivity contribution in [1.82, 2.24) is 9.80 Å². The predicted octanol–water partition coefficient (Wildman–Crippen LogP) is 1.46. The Bertz CT molecular complexity index is 511. The monoisotopic (exact) mass is 326 g/mol. The van der Waals surface area contributed by atoms with Gasteiger partial charge in [-0.3, -0.25) is 9.59 Å². The molecule has 5 nitrogen and oxygen atoms in total. The van der Waals surface area contributed by atoms with Gasteiger partial charge < -0.3 is 14.9 Å². The number of hydrogen-bond acceptors (Lipinski definition) is 3. The number of amides is 2. The number of phenolic OH excluding ortho intramolecular Hbond substituents is 1. The van der Waals surface area contributed by atoms with Crippen LogP contribution in [0, 0.1) is 0 Å². The normalized spacial score (nSPS) is 15.5. The first kappa shape index (κ1) is 13.9. The number of nitrogens with zero attached hydrogens (tertiary/aromatic N) is 2. The average Bonchev–Trinajstić information content (AvgIpc) is 2.41. The lowest BCUT2D eigenvalue weighted by Gasteiger charge is -2.34. The molecule has 1 N–H and O–H groups in total. The molecule has 1 heterocycles. The molecule has 0 aromatic heterocycles. The lowest BCUT2D eigenvalue weighted by atomic mass is 10.1. The average molecular weight is 327 g/mol. The second-order valence-corrected chi connectivity index (χ2v) is 5.38. The van der Waals surface area contributed by atoms with Gasteiger partial charge in [0, 0.05) is 37.6 Å². The minimum atomic E-state index is -0.206. The molecule has 2 amide bonds. The topological polar surface area (TPSA) is 60.9 Å². The fourth-order valence-electron chi connectivity index (χ4n) is 2.07. The number of hydrogen-bond donors (Lipinski definition) is 1. The van der Waals surface area contributed by atoms with Gasteiger partial charge in [-0.15, -0.1) is 0 Å². The number of benzene rings is 1. The first-order valence-electron chi connectivity index (χ1n) is 6.02. The van der Waals surface area contributed by atoms with Crippen molar-refractivity contribution in [3.05, 3.63) is 28.2 Å². The molecule has 0 radical (unpaired) electrons. The Kier molecular flexibility index (Phi) is 4.09. The quantitative estimate of drug-likeness (QED) is 0.849. The maximum atomic E-state index is 12.3. The second-order valence-electron chi connectivity index (χ2n) is 4.46. The number of rotatable bonds is 1. The lowest BCUT2D eigenvalue weighted by molar-refractivity contribution is -0.130. The van der Waals surface area contributed by atoms with E-state index >= 15 is 0 Å². The Morgan fingerprint density at radius 1 is 1.16 bits per heavy atom. The van der Waals surface area contributed by atoms with Crippen LogP contribution in [0.2, 0.25) is 0 Å². The molecule has 0 bridgehead atoms. The molecule has 0 unspecified atom stereocenters. The van der Waals surface area contributed by atoms with Gasteiger partial charge in [-0.25, -0.2) is 0 Å². The van der Waals surface area contributed by atoms with Crippen molar-refractivity contribution in [1.29, 1.82) is 0 Å². The maximum Gasteiger partial charge on any atom is 0.257 e. The van der Waals surface area contributed by atoms with Gasteiger partial charge >= 0.3 is 0 Å². The van der Waals surface area contributed by atoms with E-state index in [1.807, 2.05) is 0 Å². The highest BCUT2D eigenvalue weighted by Crippen LogP contribution is 2.23. The Morgan fingerprint density at radius 3 is 2.32 bits per heavy atom. The third kappa shape index (κ3) is 3.07. The first-order chi connectivity index (χ1) is 8.99. The van der Waals surface area contributed by atoms with E-state index in [9.17, 15) is 14.7 Å². The number of phenols is 1. The molecular weight excluding hydrogens is 312 g/mol. The first-order valence-corrected chi connectivity index (χ1v) is 6.81. The summed E-state index contributed by atoms with van der Waals surface area (Å²) in [6.07, 6.45) is 0. The Balaban J connectivity index is 2.09. The molecule has 1 saturated heterocycles. The summed E-state index contributed by atoms with van der Waals surface area (Å²) < 4.78 is 0.746. The van der Waals surface area contributed by atoms with Crippen molar-refractivity contribution in [2.24, 2.45) is 0 Å². The molecule has 1 aliphatic heterocycles. The van der Waals surface area contributed by atoms with Crippen molar-refractivity contribution in [3.63, 3.8) is 0 Å². The summed E-state index contributed by atoms with van der Waals surface area (Å²) in [5.41, 5.74) is 0.283. The van der Waals surface area contributed by atoms with Gasteiger partial charge in [-0.05, 0) is 18.2 Å². The highest BCUT2D eigenvalue weighted by Gasteiger charge is 2.24. The van der Waals surface area contributed by atoms with Gasteiger partial charge in [0.15, 0.2) is 0 Å². The van der Waals surface area contributed by atoms with E-state index in [1.54, 1.807) is 21.9 Å². The van der Waals surface area contributed by atoms with Gasteiger partial charge in [0.05, 0.1) is 5.56 Å². The minimum Gasteiger partial charge on any atom is -0.507 e. The van der Waals surface area contributed by atoms with Crippen LogP contribution in [0.25, 0.3) is 0 Å². The largest absolute Gasteiger partial charge is 0.507 e. The molecule has 0 aliphatic carbocycles. The van der Waals surface area contributed by atoms with E-state index in [1.165, 1.54) is 13.0 Å². The van der Waals surface area contributed by atoms with Crippen LogP contribution in [0.3, 0.4) is 0 Å². The molecule has 6 heteroatoms. The van der Waals surface area contributed by atoms with E-state index in [0.717, 1.165) is 4.47 Å². The summed E-state index contributed by atoms with van der Waals surface area (Å²) in [4.78, 5) is 26.9. The van der Waals surface area contributed by atoms with Crippen LogP contribution in [0.5, 0.6) is 5.75 Å². The van der Waals surface area contributed by atoms with Gasteiger partial charge in [-0.2, -0.15) is 0 Å². The summed E-state index contributed by atoms with van der Waals surface area (Å²) in [5.74, 6) is -0.207. The van der Waals surface area contributed by atoms with Crippen molar-refractivity contribution in [2.75, 3.05) is 26.2 Å². The maximum absolute atomic E-state index is 12.3. The Morgan fingerprint density at radius 2 is 1.74 bits per heavy atom. The number of carbonyl (C=O) groups excluding carboxylic acids is 2. The highest BCUT2D eigenvalue weighted by atomic mass is 79.9. The van der Waals surface area contributed by atoms with E-state index in [-0.39, 0.29) is 23.1 Å². The van der Waals surface area contributed by atoms with Gasteiger partial charge in [-0.1, -0.05) is 15.9 Å². The summed E-state index contributed by atoms with van der Waals surface area (Å²) in [6.45, 7) is 3.58. The second kappa shape index (κ2) is 5.61. The van der Waals surface area contributed by atoms with E-state index in [2.05, 4.69) is 15.9 Å². The van der Waals surface area contributed by atoms with Crippen LogP contribution in [-0.4, -0.2) is 52.9 Å². The van der Waals surface area contributed by atoms with Gasteiger partial charge in [0.2, 0.25) is 5.91 Å². The SMILES string of the molecule is CC(=O)N1CCN(C(=O)c2cc(Br)ccc2O)CC1. The molecule has 1 aliphatic rings. The molecule has 2 rings (SSSR count). The number of aromatic hydroxyl groups is 1. The Labute approximate surface area is 119 Å². The zero-order valence-corrected chi connectivity index (χ0v) is 12.2. The number of carbonyl (C=O) groups is 2. The van der Waals surface area contributed by atoms with Crippen molar-refractivity contribution >= 4 is 27.7 Å². The zero-order valence-electron chi connectivity index (χ0n) is 10.6. The summed E-state index contributed by atoms with van der Waals surface area (Å²) in [7, 11) is 0. The standard InChI is InChI=1S/C13H15BrN2O3/c1-9(17)15-4-6-16(7-5-15)13(19)11-8-10(14)2-3-12(11)18/h2-3,8,18H,4-7H2,1H3. The number of piperazine rings is 1. The molecule has 0 spiro atoms. The summed E-state index contributed by atoms with van der Waals surface area (Å²) in [5, 5.41) is 9.74. The molecule has 0 atom stereocenters. The number of halogens is 1. The fraction of sp³-hybridized carbons (Fsp3) is 0.385. The van der Waals surface area contributed by atoms with Crippen LogP contribution in [0.4, 0.5) is 0 Å². The lowest BCUT2D eigenvalue weighted by Crippen LogP contribution is -2.50. The van der Waals surface area contributed by atoms with E-state index in [0.29, 0.717) is 26.2 Å². The fourth-order valence-corrected chi connectivity index (χ4v) is 2.44. The third-order valence-electron chi connectivity index (χ3n) is 3.20. The zero-order chi connectivity index (χ0) is 14.0. The summed E-state index contributed by atoms with van der Waals surface area (Å²) in [6, 6.07) is 4.78. The van der Waals surface area contributed by atoms with Crippen molar-refractivity contribution in [2.45, 2.75) is 6.92 Å². The predicted molar refractivity (Wildman–Crippen MR) is 74.0 cm³/mol. The smallest absolute Gasteiger partial charge is 0.257 e.